The van der Waals surface area contributed by atoms with Gasteiger partial charge >= 0.3 is 0 Å². The molecule has 1 aliphatic rings. The molecule has 0 aliphatic carbocycles. The molecule has 2 heterocycles. The lowest BCUT2D eigenvalue weighted by Crippen LogP contribution is -2.42. The number of hydrogen-bond donors (Lipinski definition) is 2. The van der Waals surface area contributed by atoms with E-state index in [-0.39, 0.29) is 5.91 Å². The van der Waals surface area contributed by atoms with E-state index >= 15 is 0 Å². The Hall–Kier alpha value is -2.36. The van der Waals surface area contributed by atoms with E-state index in [1.165, 1.54) is 0 Å². The van der Waals surface area contributed by atoms with Crippen molar-refractivity contribution < 1.29 is 4.79 Å². The fraction of sp³-hybridized carbons (Fsp3) is 0.143. The maximum absolute atomic E-state index is 11.6. The number of hydrogen-bond acceptors (Lipinski definition) is 3. The van der Waals surface area contributed by atoms with Gasteiger partial charge < -0.3 is 10.6 Å². The van der Waals surface area contributed by atoms with Crippen LogP contribution < -0.4 is 10.6 Å². The van der Waals surface area contributed by atoms with Crippen LogP contribution in [0.5, 0.6) is 0 Å². The molecular weight excluding hydrogens is 226 g/mol. The summed E-state index contributed by atoms with van der Waals surface area (Å²) in [5.74, 6) is -0.0730. The van der Waals surface area contributed by atoms with Crippen molar-refractivity contribution in [1.29, 1.82) is 0 Å². The SMILES string of the molecule is O=C1NCCN/C1=C\c1ccc2ccccc2n1. The lowest BCUT2D eigenvalue weighted by atomic mass is 10.2. The van der Waals surface area contributed by atoms with Crippen molar-refractivity contribution in [2.75, 3.05) is 13.1 Å². The first-order valence-electron chi connectivity index (χ1n) is 5.92. The van der Waals surface area contributed by atoms with Crippen LogP contribution in [0.25, 0.3) is 17.0 Å². The minimum Gasteiger partial charge on any atom is -0.379 e. The second-order valence-electron chi connectivity index (χ2n) is 4.17. The summed E-state index contributed by atoms with van der Waals surface area (Å²) in [6.07, 6.45) is 1.78. The van der Waals surface area contributed by atoms with Crippen LogP contribution in [0.15, 0.2) is 42.1 Å². The standard InChI is InChI=1S/C14H13N3O/c18-14-13(15-7-8-16-14)9-11-6-5-10-3-1-2-4-12(10)17-11/h1-6,9,15H,7-8H2,(H,16,18)/b13-9-. The second kappa shape index (κ2) is 4.49. The van der Waals surface area contributed by atoms with E-state index in [9.17, 15) is 4.79 Å². The minimum atomic E-state index is -0.0730. The van der Waals surface area contributed by atoms with Crippen LogP contribution in [0.4, 0.5) is 0 Å². The summed E-state index contributed by atoms with van der Waals surface area (Å²) >= 11 is 0. The summed E-state index contributed by atoms with van der Waals surface area (Å²) < 4.78 is 0. The van der Waals surface area contributed by atoms with E-state index < -0.39 is 0 Å². The lowest BCUT2D eigenvalue weighted by Gasteiger charge is -2.17. The average molecular weight is 239 g/mol. The highest BCUT2D eigenvalue weighted by Gasteiger charge is 2.13. The third-order valence-corrected chi connectivity index (χ3v) is 2.88. The van der Waals surface area contributed by atoms with E-state index in [2.05, 4.69) is 15.6 Å². The fourth-order valence-electron chi connectivity index (χ4n) is 1.98. The van der Waals surface area contributed by atoms with Gasteiger partial charge in [0.2, 0.25) is 0 Å². The van der Waals surface area contributed by atoms with Gasteiger partial charge in [0, 0.05) is 18.5 Å². The predicted octanol–water partition coefficient (Wildman–Crippen LogP) is 1.30. The molecule has 2 aromatic rings. The predicted molar refractivity (Wildman–Crippen MR) is 70.7 cm³/mol. The Bertz CT molecular complexity index is 634. The topological polar surface area (TPSA) is 54.0 Å². The van der Waals surface area contributed by atoms with Gasteiger partial charge in [0.1, 0.15) is 5.70 Å². The molecule has 1 saturated heterocycles. The summed E-state index contributed by atoms with van der Waals surface area (Å²) in [4.78, 5) is 16.1. The van der Waals surface area contributed by atoms with Gasteiger partial charge in [-0.05, 0) is 18.2 Å². The van der Waals surface area contributed by atoms with Gasteiger partial charge in [-0.15, -0.1) is 0 Å². The van der Waals surface area contributed by atoms with E-state index in [0.29, 0.717) is 12.2 Å². The number of piperazine rings is 1. The zero-order chi connectivity index (χ0) is 12.4. The molecule has 1 fully saturated rings. The number of carbonyl (C=O) groups excluding carboxylic acids is 1. The summed E-state index contributed by atoms with van der Waals surface area (Å²) in [6.45, 7) is 1.42. The van der Waals surface area contributed by atoms with Crippen molar-refractivity contribution in [2.24, 2.45) is 0 Å². The van der Waals surface area contributed by atoms with Gasteiger partial charge in [0.05, 0.1) is 11.2 Å². The van der Waals surface area contributed by atoms with Gasteiger partial charge in [-0.3, -0.25) is 4.79 Å². The lowest BCUT2D eigenvalue weighted by molar-refractivity contribution is -0.118. The molecule has 1 aromatic heterocycles. The van der Waals surface area contributed by atoms with Crippen LogP contribution in [-0.4, -0.2) is 24.0 Å². The highest BCUT2D eigenvalue weighted by atomic mass is 16.2. The molecule has 2 N–H and O–H groups in total. The van der Waals surface area contributed by atoms with Gasteiger partial charge in [-0.25, -0.2) is 4.98 Å². The van der Waals surface area contributed by atoms with E-state index in [4.69, 9.17) is 0 Å². The highest BCUT2D eigenvalue weighted by Crippen LogP contribution is 2.13. The van der Waals surface area contributed by atoms with Crippen molar-refractivity contribution >= 4 is 22.9 Å². The Morgan fingerprint density at radius 3 is 2.78 bits per heavy atom. The summed E-state index contributed by atoms with van der Waals surface area (Å²) in [6, 6.07) is 11.8. The third-order valence-electron chi connectivity index (χ3n) is 2.88. The van der Waals surface area contributed by atoms with Gasteiger partial charge in [-0.1, -0.05) is 24.3 Å². The molecule has 1 amide bonds. The highest BCUT2D eigenvalue weighted by molar-refractivity contribution is 5.97. The van der Waals surface area contributed by atoms with Gasteiger partial charge in [0.25, 0.3) is 5.91 Å². The van der Waals surface area contributed by atoms with E-state index in [1.54, 1.807) is 6.08 Å². The number of para-hydroxylation sites is 1. The van der Waals surface area contributed by atoms with Crippen molar-refractivity contribution in [3.63, 3.8) is 0 Å². The number of nitrogens with zero attached hydrogens (tertiary/aromatic N) is 1. The Kier molecular flexibility index (Phi) is 2.68. The monoisotopic (exact) mass is 239 g/mol. The molecule has 0 unspecified atom stereocenters. The van der Waals surface area contributed by atoms with Gasteiger partial charge in [-0.2, -0.15) is 0 Å². The number of carbonyl (C=O) groups is 1. The van der Waals surface area contributed by atoms with E-state index in [1.807, 2.05) is 36.4 Å². The number of fused-ring (bicyclic) bond motifs is 1. The molecule has 0 radical (unpaired) electrons. The molecule has 18 heavy (non-hydrogen) atoms. The molecule has 90 valence electrons. The number of rotatable bonds is 1. The Morgan fingerprint density at radius 2 is 1.89 bits per heavy atom. The molecule has 4 heteroatoms. The molecule has 4 nitrogen and oxygen atoms in total. The Morgan fingerprint density at radius 1 is 1.06 bits per heavy atom. The second-order valence-corrected chi connectivity index (χ2v) is 4.17. The smallest absolute Gasteiger partial charge is 0.267 e. The normalized spacial score (nSPS) is 17.6. The maximum atomic E-state index is 11.6. The molecule has 0 bridgehead atoms. The zero-order valence-corrected chi connectivity index (χ0v) is 9.81. The molecule has 0 atom stereocenters. The van der Waals surface area contributed by atoms with Gasteiger partial charge in [0.15, 0.2) is 0 Å². The number of amides is 1. The first-order chi connectivity index (χ1) is 8.83. The molecule has 3 rings (SSSR count). The molecule has 1 aromatic carbocycles. The van der Waals surface area contributed by atoms with Crippen LogP contribution in [0.1, 0.15) is 5.69 Å². The van der Waals surface area contributed by atoms with Crippen molar-refractivity contribution in [1.82, 2.24) is 15.6 Å². The zero-order valence-electron chi connectivity index (χ0n) is 9.81. The molecule has 0 saturated carbocycles. The summed E-state index contributed by atoms with van der Waals surface area (Å²) in [7, 11) is 0. The van der Waals surface area contributed by atoms with Crippen molar-refractivity contribution in [3.8, 4) is 0 Å². The minimum absolute atomic E-state index is 0.0730. The Balaban J connectivity index is 1.99. The van der Waals surface area contributed by atoms with Crippen LogP contribution >= 0.6 is 0 Å². The number of pyridine rings is 1. The van der Waals surface area contributed by atoms with Crippen molar-refractivity contribution in [2.45, 2.75) is 0 Å². The number of nitrogens with one attached hydrogen (secondary N) is 2. The number of aromatic nitrogens is 1. The van der Waals surface area contributed by atoms with E-state index in [0.717, 1.165) is 23.1 Å². The first-order valence-corrected chi connectivity index (χ1v) is 5.92. The molecule has 1 aliphatic heterocycles. The summed E-state index contributed by atoms with van der Waals surface area (Å²) in [5, 5.41) is 6.96. The Labute approximate surface area is 105 Å². The van der Waals surface area contributed by atoms with Crippen molar-refractivity contribution in [3.05, 3.63) is 47.8 Å². The average Bonchev–Trinajstić information content (AvgIpc) is 2.41. The molecular formula is C14H13N3O. The largest absolute Gasteiger partial charge is 0.379 e. The quantitative estimate of drug-likeness (QED) is 0.737. The third kappa shape index (κ3) is 2.05. The number of benzene rings is 1. The fourth-order valence-corrected chi connectivity index (χ4v) is 1.98. The van der Waals surface area contributed by atoms with Crippen LogP contribution in [0.3, 0.4) is 0 Å². The van der Waals surface area contributed by atoms with Crippen LogP contribution in [0, 0.1) is 0 Å². The molecule has 0 spiro atoms. The van der Waals surface area contributed by atoms with Crippen LogP contribution in [0.2, 0.25) is 0 Å². The first kappa shape index (κ1) is 10.8. The van der Waals surface area contributed by atoms with Crippen LogP contribution in [-0.2, 0) is 4.79 Å². The maximum Gasteiger partial charge on any atom is 0.267 e. The summed E-state index contributed by atoms with van der Waals surface area (Å²) in [5.41, 5.74) is 2.29.